The molecule has 0 radical (unpaired) electrons. The number of piperidine rings is 1. The van der Waals surface area contributed by atoms with Gasteiger partial charge in [-0.2, -0.15) is 5.10 Å². The number of carbonyl (C=O) groups is 1. The molecule has 7 heteroatoms. The Hall–Kier alpha value is -2.41. The number of carbonyl (C=O) groups excluding carboxylic acids is 1. The summed E-state index contributed by atoms with van der Waals surface area (Å²) in [6.07, 6.45) is 7.35. The molecule has 1 fully saturated rings. The normalized spacial score (nSPS) is 14.6. The van der Waals surface area contributed by atoms with Crippen molar-refractivity contribution in [3.05, 3.63) is 46.5 Å². The van der Waals surface area contributed by atoms with Crippen LogP contribution in [-0.2, 0) is 0 Å². The number of rotatable bonds is 4. The fourth-order valence-corrected chi connectivity index (χ4v) is 4.57. The third kappa shape index (κ3) is 3.51. The summed E-state index contributed by atoms with van der Waals surface area (Å²) in [5, 5.41) is 12.2. The minimum absolute atomic E-state index is 0.245. The number of nitrogens with one attached hydrogen (secondary N) is 2. The van der Waals surface area contributed by atoms with Crippen LogP contribution in [0.25, 0.3) is 10.8 Å². The molecule has 28 heavy (non-hydrogen) atoms. The highest BCUT2D eigenvalue weighted by Gasteiger charge is 2.21. The first kappa shape index (κ1) is 18.9. The van der Waals surface area contributed by atoms with Crippen molar-refractivity contribution in [1.29, 1.82) is 0 Å². The fraction of sp³-hybridized carbons (Fsp3) is 0.381. The molecule has 146 valence electrons. The van der Waals surface area contributed by atoms with E-state index >= 15 is 0 Å². The number of H-pyrrole nitrogens is 1. The number of benzene rings is 1. The Labute approximate surface area is 172 Å². The van der Waals surface area contributed by atoms with Crippen molar-refractivity contribution in [2.75, 3.05) is 23.3 Å². The molecule has 4 rings (SSSR count). The van der Waals surface area contributed by atoms with E-state index in [-0.39, 0.29) is 11.8 Å². The molecule has 0 bridgehead atoms. The molecule has 0 atom stereocenters. The second-order valence-corrected chi connectivity index (χ2v) is 8.30. The molecule has 0 spiro atoms. The van der Waals surface area contributed by atoms with E-state index in [0.717, 1.165) is 35.2 Å². The largest absolute Gasteiger partial charge is 0.371 e. The maximum Gasteiger partial charge on any atom is 0.277 e. The van der Waals surface area contributed by atoms with E-state index in [4.69, 9.17) is 0 Å². The number of anilines is 2. The van der Waals surface area contributed by atoms with E-state index in [9.17, 15) is 4.79 Å². The summed E-state index contributed by atoms with van der Waals surface area (Å²) in [5.74, 6) is 0.00295. The molecule has 1 aliphatic heterocycles. The topological polar surface area (TPSA) is 73.9 Å². The number of nitrogens with zero attached hydrogens (tertiary/aromatic N) is 3. The fourth-order valence-electron chi connectivity index (χ4n) is 3.75. The molecule has 1 amide bonds. The predicted octanol–water partition coefficient (Wildman–Crippen LogP) is 5.09. The molecular weight excluding hydrogens is 418 g/mol. The maximum atomic E-state index is 12.8. The first-order valence-corrected chi connectivity index (χ1v) is 10.5. The Balaban J connectivity index is 1.67. The van der Waals surface area contributed by atoms with E-state index in [2.05, 4.69) is 61.2 Å². The standard InChI is InChI=1S/C21H24BrN5O/c1-13(2)19-18(22)20(26-25-19)21(28)24-16-6-7-17(27-10-4-3-5-11-27)14-8-9-23-12-15(14)16/h6-9,12-13H,3-5,10-11H2,1-2H3,(H,24,28)(H,25,26). The molecular formula is C21H24BrN5O. The number of fused-ring (bicyclic) bond motifs is 1. The molecule has 1 saturated heterocycles. The highest BCUT2D eigenvalue weighted by atomic mass is 79.9. The average Bonchev–Trinajstić information content (AvgIpc) is 3.10. The molecule has 3 heterocycles. The van der Waals surface area contributed by atoms with Gasteiger partial charge in [0.1, 0.15) is 0 Å². The lowest BCUT2D eigenvalue weighted by Crippen LogP contribution is -2.29. The van der Waals surface area contributed by atoms with E-state index in [1.165, 1.54) is 24.9 Å². The Morgan fingerprint density at radius 3 is 2.68 bits per heavy atom. The predicted molar refractivity (Wildman–Crippen MR) is 116 cm³/mol. The number of aromatic nitrogens is 3. The van der Waals surface area contributed by atoms with Crippen LogP contribution in [0.3, 0.4) is 0 Å². The number of hydrogen-bond donors (Lipinski definition) is 2. The van der Waals surface area contributed by atoms with Gasteiger partial charge in [0.25, 0.3) is 5.91 Å². The number of hydrogen-bond acceptors (Lipinski definition) is 4. The van der Waals surface area contributed by atoms with Crippen molar-refractivity contribution in [3.63, 3.8) is 0 Å². The number of pyridine rings is 1. The summed E-state index contributed by atoms with van der Waals surface area (Å²) < 4.78 is 0.715. The van der Waals surface area contributed by atoms with Crippen LogP contribution in [0.4, 0.5) is 11.4 Å². The van der Waals surface area contributed by atoms with Crippen LogP contribution in [0.15, 0.2) is 35.1 Å². The molecule has 6 nitrogen and oxygen atoms in total. The molecule has 1 aromatic carbocycles. The Morgan fingerprint density at radius 2 is 1.96 bits per heavy atom. The van der Waals surface area contributed by atoms with Crippen molar-refractivity contribution in [2.24, 2.45) is 0 Å². The molecule has 3 aromatic rings. The molecule has 0 aliphatic carbocycles. The summed E-state index contributed by atoms with van der Waals surface area (Å²) in [6, 6.07) is 6.09. The van der Waals surface area contributed by atoms with Crippen molar-refractivity contribution >= 4 is 44.0 Å². The van der Waals surface area contributed by atoms with Gasteiger partial charge in [0.15, 0.2) is 5.69 Å². The number of halogens is 1. The van der Waals surface area contributed by atoms with Crippen LogP contribution in [0.5, 0.6) is 0 Å². The van der Waals surface area contributed by atoms with E-state index in [1.807, 2.05) is 18.3 Å². The average molecular weight is 442 g/mol. The summed E-state index contributed by atoms with van der Waals surface area (Å²) in [6.45, 7) is 6.25. The van der Waals surface area contributed by atoms with Gasteiger partial charge in [0.2, 0.25) is 0 Å². The zero-order valence-electron chi connectivity index (χ0n) is 16.1. The van der Waals surface area contributed by atoms with Crippen LogP contribution in [0.2, 0.25) is 0 Å². The third-order valence-electron chi connectivity index (χ3n) is 5.26. The zero-order valence-corrected chi connectivity index (χ0v) is 17.7. The second-order valence-electron chi connectivity index (χ2n) is 7.51. The summed E-state index contributed by atoms with van der Waals surface area (Å²) in [4.78, 5) is 19.6. The highest BCUT2D eigenvalue weighted by Crippen LogP contribution is 2.34. The van der Waals surface area contributed by atoms with Crippen LogP contribution in [-0.4, -0.2) is 34.2 Å². The Kier molecular flexibility index (Phi) is 5.35. The first-order valence-electron chi connectivity index (χ1n) is 9.73. The SMILES string of the molecule is CC(C)c1[nH]nc(C(=O)Nc2ccc(N3CCCCC3)c3ccncc23)c1Br. The molecule has 0 unspecified atom stereocenters. The van der Waals surface area contributed by atoms with Gasteiger partial charge in [-0.3, -0.25) is 14.9 Å². The lowest BCUT2D eigenvalue weighted by atomic mass is 10.0. The van der Waals surface area contributed by atoms with E-state index in [0.29, 0.717) is 10.2 Å². The van der Waals surface area contributed by atoms with E-state index < -0.39 is 0 Å². The minimum Gasteiger partial charge on any atom is -0.371 e. The monoisotopic (exact) mass is 441 g/mol. The van der Waals surface area contributed by atoms with Gasteiger partial charge in [-0.1, -0.05) is 13.8 Å². The van der Waals surface area contributed by atoms with Crippen LogP contribution in [0.1, 0.15) is 55.2 Å². The molecule has 0 saturated carbocycles. The van der Waals surface area contributed by atoms with Gasteiger partial charge in [0.05, 0.1) is 15.9 Å². The van der Waals surface area contributed by atoms with Gasteiger partial charge in [-0.05, 0) is 59.3 Å². The van der Waals surface area contributed by atoms with Crippen LogP contribution >= 0.6 is 15.9 Å². The summed E-state index contributed by atoms with van der Waals surface area (Å²) in [5.41, 5.74) is 3.23. The lowest BCUT2D eigenvalue weighted by molar-refractivity contribution is 0.102. The van der Waals surface area contributed by atoms with Crippen molar-refractivity contribution in [2.45, 2.75) is 39.0 Å². The summed E-state index contributed by atoms with van der Waals surface area (Å²) >= 11 is 3.51. The minimum atomic E-state index is -0.245. The maximum absolute atomic E-state index is 12.8. The second kappa shape index (κ2) is 7.91. The molecule has 2 aromatic heterocycles. The highest BCUT2D eigenvalue weighted by molar-refractivity contribution is 9.10. The third-order valence-corrected chi connectivity index (χ3v) is 6.07. The first-order chi connectivity index (χ1) is 13.6. The van der Waals surface area contributed by atoms with E-state index in [1.54, 1.807) is 6.20 Å². The van der Waals surface area contributed by atoms with Gasteiger partial charge < -0.3 is 10.2 Å². The number of aromatic amines is 1. The van der Waals surface area contributed by atoms with Gasteiger partial charge >= 0.3 is 0 Å². The van der Waals surface area contributed by atoms with Gasteiger partial charge in [0, 0.05) is 41.9 Å². The lowest BCUT2D eigenvalue weighted by Gasteiger charge is -2.30. The molecule has 2 N–H and O–H groups in total. The zero-order chi connectivity index (χ0) is 19.7. The Bertz CT molecular complexity index is 1010. The summed E-state index contributed by atoms with van der Waals surface area (Å²) in [7, 11) is 0. The molecule has 1 aliphatic rings. The number of amides is 1. The van der Waals surface area contributed by atoms with Crippen molar-refractivity contribution in [3.8, 4) is 0 Å². The Morgan fingerprint density at radius 1 is 1.18 bits per heavy atom. The van der Waals surface area contributed by atoms with Crippen molar-refractivity contribution in [1.82, 2.24) is 15.2 Å². The van der Waals surface area contributed by atoms with Crippen LogP contribution < -0.4 is 10.2 Å². The van der Waals surface area contributed by atoms with Crippen LogP contribution in [0, 0.1) is 0 Å². The van der Waals surface area contributed by atoms with Gasteiger partial charge in [-0.15, -0.1) is 0 Å². The van der Waals surface area contributed by atoms with Crippen molar-refractivity contribution < 1.29 is 4.79 Å². The quantitative estimate of drug-likeness (QED) is 0.591. The van der Waals surface area contributed by atoms with Gasteiger partial charge in [-0.25, -0.2) is 0 Å². The smallest absolute Gasteiger partial charge is 0.277 e.